The second-order valence-corrected chi connectivity index (χ2v) is 6.61. The molecule has 0 saturated carbocycles. The smallest absolute Gasteiger partial charge is 0.384 e. The van der Waals surface area contributed by atoms with E-state index in [1.54, 1.807) is 6.07 Å². The van der Waals surface area contributed by atoms with Gasteiger partial charge in [0.05, 0.1) is 13.2 Å². The molecule has 2 rings (SSSR count). The third-order valence-electron chi connectivity index (χ3n) is 3.59. The summed E-state index contributed by atoms with van der Waals surface area (Å²) in [5.41, 5.74) is -0.434. The number of hydrogen-bond acceptors (Lipinski definition) is 7. The van der Waals surface area contributed by atoms with Crippen molar-refractivity contribution in [2.24, 2.45) is 5.92 Å². The van der Waals surface area contributed by atoms with Gasteiger partial charge in [0, 0.05) is 32.4 Å². The van der Waals surface area contributed by atoms with Crippen molar-refractivity contribution in [2.45, 2.75) is 18.4 Å². The molecule has 1 aromatic rings. The molecule has 2 heterocycles. The maximum Gasteiger partial charge on any atom is 0.472 e. The number of aromatic nitrogens is 1. The molecule has 4 unspecified atom stereocenters. The Balaban J connectivity index is 2.26. The van der Waals surface area contributed by atoms with E-state index in [-0.39, 0.29) is 13.2 Å². The van der Waals surface area contributed by atoms with Crippen molar-refractivity contribution in [3.05, 3.63) is 34.7 Å². The predicted octanol–water partition coefficient (Wildman–Crippen LogP) is 0.133. The van der Waals surface area contributed by atoms with Gasteiger partial charge in [-0.3, -0.25) is 18.4 Å². The SMILES string of the molecule is COCC1COC(C(O)n2ccccc2=O)[C@H]1OP(=O)(O)OC. The Morgan fingerprint density at radius 2 is 2.22 bits per heavy atom. The number of pyridine rings is 1. The van der Waals surface area contributed by atoms with Crippen molar-refractivity contribution < 1.29 is 33.1 Å². The molecule has 9 nitrogen and oxygen atoms in total. The number of aliphatic hydroxyl groups excluding tert-OH is 1. The van der Waals surface area contributed by atoms with E-state index in [0.29, 0.717) is 0 Å². The second kappa shape index (κ2) is 7.67. The highest BCUT2D eigenvalue weighted by atomic mass is 31.2. The minimum Gasteiger partial charge on any atom is -0.384 e. The van der Waals surface area contributed by atoms with Crippen LogP contribution >= 0.6 is 7.82 Å². The largest absolute Gasteiger partial charge is 0.472 e. The minimum atomic E-state index is -4.30. The minimum absolute atomic E-state index is 0.144. The summed E-state index contributed by atoms with van der Waals surface area (Å²) in [7, 11) is -1.79. The zero-order chi connectivity index (χ0) is 17.0. The van der Waals surface area contributed by atoms with Gasteiger partial charge in [0.1, 0.15) is 12.2 Å². The summed E-state index contributed by atoms with van der Waals surface area (Å²) < 4.78 is 32.9. The van der Waals surface area contributed by atoms with E-state index in [1.165, 1.54) is 25.4 Å². The molecule has 0 amide bonds. The molecule has 1 aliphatic heterocycles. The molecule has 0 spiro atoms. The molecule has 0 aromatic carbocycles. The second-order valence-electron chi connectivity index (χ2n) is 5.09. The molecule has 1 aromatic heterocycles. The Morgan fingerprint density at radius 1 is 1.48 bits per heavy atom. The van der Waals surface area contributed by atoms with Gasteiger partial charge in [-0.2, -0.15) is 0 Å². The van der Waals surface area contributed by atoms with Gasteiger partial charge in [0.25, 0.3) is 5.56 Å². The van der Waals surface area contributed by atoms with Gasteiger partial charge in [-0.1, -0.05) is 6.07 Å². The first kappa shape index (κ1) is 18.3. The van der Waals surface area contributed by atoms with Crippen LogP contribution in [0.4, 0.5) is 0 Å². The van der Waals surface area contributed by atoms with E-state index in [1.807, 2.05) is 0 Å². The van der Waals surface area contributed by atoms with Crippen molar-refractivity contribution in [1.82, 2.24) is 4.57 Å². The highest BCUT2D eigenvalue weighted by Crippen LogP contribution is 2.47. The molecule has 23 heavy (non-hydrogen) atoms. The zero-order valence-electron chi connectivity index (χ0n) is 12.8. The van der Waals surface area contributed by atoms with E-state index in [4.69, 9.17) is 14.0 Å². The summed E-state index contributed by atoms with van der Waals surface area (Å²) in [4.78, 5) is 21.4. The van der Waals surface area contributed by atoms with Crippen LogP contribution in [-0.2, 0) is 23.1 Å². The molecule has 130 valence electrons. The Labute approximate surface area is 133 Å². The lowest BCUT2D eigenvalue weighted by atomic mass is 10.0. The average molecular weight is 349 g/mol. The summed E-state index contributed by atoms with van der Waals surface area (Å²) in [5, 5.41) is 10.4. The number of nitrogens with zero attached hydrogens (tertiary/aromatic N) is 1. The van der Waals surface area contributed by atoms with Gasteiger partial charge < -0.3 is 19.5 Å². The third kappa shape index (κ3) is 4.27. The first-order chi connectivity index (χ1) is 10.9. The Kier molecular flexibility index (Phi) is 6.10. The van der Waals surface area contributed by atoms with Gasteiger partial charge >= 0.3 is 7.82 Å². The molecule has 0 bridgehead atoms. The van der Waals surface area contributed by atoms with Crippen LogP contribution in [-0.4, -0.2) is 54.2 Å². The summed E-state index contributed by atoms with van der Waals surface area (Å²) in [6, 6.07) is 4.40. The normalized spacial score (nSPS) is 28.4. The molecule has 1 saturated heterocycles. The number of hydrogen-bond donors (Lipinski definition) is 2. The highest BCUT2D eigenvalue weighted by Gasteiger charge is 2.46. The van der Waals surface area contributed by atoms with Crippen LogP contribution in [0.25, 0.3) is 0 Å². The molecule has 10 heteroatoms. The number of rotatable bonds is 7. The van der Waals surface area contributed by atoms with Crippen molar-refractivity contribution >= 4 is 7.82 Å². The van der Waals surface area contributed by atoms with Gasteiger partial charge in [-0.25, -0.2) is 4.57 Å². The summed E-state index contributed by atoms with van der Waals surface area (Å²) >= 11 is 0. The Hall–Kier alpha value is -1.06. The van der Waals surface area contributed by atoms with Crippen molar-refractivity contribution in [1.29, 1.82) is 0 Å². The number of methoxy groups -OCH3 is 1. The molecule has 5 atom stereocenters. The van der Waals surface area contributed by atoms with E-state index in [2.05, 4.69) is 4.52 Å². The summed E-state index contributed by atoms with van der Waals surface area (Å²) in [6.45, 7) is 0.340. The lowest BCUT2D eigenvalue weighted by Gasteiger charge is -2.28. The first-order valence-corrected chi connectivity index (χ1v) is 8.42. The third-order valence-corrected chi connectivity index (χ3v) is 4.56. The predicted molar refractivity (Wildman–Crippen MR) is 78.8 cm³/mol. The molecule has 0 aliphatic carbocycles. The molecular formula is C13H20NO8P. The van der Waals surface area contributed by atoms with Crippen LogP contribution in [0.2, 0.25) is 0 Å². The van der Waals surface area contributed by atoms with Crippen molar-refractivity contribution in [2.75, 3.05) is 27.4 Å². The van der Waals surface area contributed by atoms with E-state index >= 15 is 0 Å². The zero-order valence-corrected chi connectivity index (χ0v) is 13.7. The number of aliphatic hydroxyl groups is 1. The van der Waals surface area contributed by atoms with Crippen LogP contribution in [0.1, 0.15) is 6.23 Å². The molecular weight excluding hydrogens is 329 g/mol. The van der Waals surface area contributed by atoms with Gasteiger partial charge in [0.15, 0.2) is 6.23 Å². The lowest BCUT2D eigenvalue weighted by molar-refractivity contribution is -0.0817. The molecule has 1 aliphatic rings. The monoisotopic (exact) mass is 349 g/mol. The fourth-order valence-corrected chi connectivity index (χ4v) is 3.15. The fourth-order valence-electron chi connectivity index (χ4n) is 2.46. The van der Waals surface area contributed by atoms with Crippen LogP contribution in [0.3, 0.4) is 0 Å². The quantitative estimate of drug-likeness (QED) is 0.668. The van der Waals surface area contributed by atoms with Gasteiger partial charge in [-0.05, 0) is 6.07 Å². The van der Waals surface area contributed by atoms with Crippen LogP contribution < -0.4 is 5.56 Å². The maximum absolute atomic E-state index is 11.8. The Bertz CT molecular complexity index is 620. The first-order valence-electron chi connectivity index (χ1n) is 6.92. The fraction of sp³-hybridized carbons (Fsp3) is 0.615. The number of phosphoric ester groups is 1. The van der Waals surface area contributed by atoms with Gasteiger partial charge in [-0.15, -0.1) is 0 Å². The highest BCUT2D eigenvalue weighted by molar-refractivity contribution is 7.47. The van der Waals surface area contributed by atoms with E-state index in [9.17, 15) is 19.4 Å². The summed E-state index contributed by atoms with van der Waals surface area (Å²) in [6.07, 6.45) is -1.99. The molecule has 0 radical (unpaired) electrons. The summed E-state index contributed by atoms with van der Waals surface area (Å²) in [5.74, 6) is -0.394. The van der Waals surface area contributed by atoms with E-state index < -0.39 is 37.7 Å². The molecule has 1 fully saturated rings. The van der Waals surface area contributed by atoms with E-state index in [0.717, 1.165) is 11.7 Å². The van der Waals surface area contributed by atoms with Crippen LogP contribution in [0.15, 0.2) is 29.2 Å². The molecule has 2 N–H and O–H groups in total. The maximum atomic E-state index is 11.8. The standard InChI is InChI=1S/C13H20NO8P/c1-19-7-9-8-21-12(11(9)22-23(17,18)20-2)13(16)14-6-4-3-5-10(14)15/h3-6,9,11-13,16H,7-8H2,1-2H3,(H,17,18)/t9?,11-,12?,13?/m0/s1. The van der Waals surface area contributed by atoms with Crippen molar-refractivity contribution in [3.8, 4) is 0 Å². The van der Waals surface area contributed by atoms with Gasteiger partial charge in [0.2, 0.25) is 0 Å². The van der Waals surface area contributed by atoms with Crippen LogP contribution in [0, 0.1) is 5.92 Å². The average Bonchev–Trinajstić information content (AvgIpc) is 2.90. The topological polar surface area (TPSA) is 116 Å². The Morgan fingerprint density at radius 3 is 2.83 bits per heavy atom. The van der Waals surface area contributed by atoms with Crippen molar-refractivity contribution in [3.63, 3.8) is 0 Å². The number of ether oxygens (including phenoxy) is 2. The van der Waals surface area contributed by atoms with Crippen LogP contribution in [0.5, 0.6) is 0 Å². The lowest BCUT2D eigenvalue weighted by Crippen LogP contribution is -2.40. The number of phosphoric acid groups is 1.